The number of nitrogens with zero attached hydrogens (tertiary/aromatic N) is 7. The van der Waals surface area contributed by atoms with Crippen molar-refractivity contribution in [1.82, 2.24) is 29.5 Å². The Hall–Kier alpha value is -2.85. The van der Waals surface area contributed by atoms with Gasteiger partial charge in [-0.05, 0) is 0 Å². The van der Waals surface area contributed by atoms with E-state index < -0.39 is 0 Å². The van der Waals surface area contributed by atoms with Gasteiger partial charge in [0.25, 0.3) is 0 Å². The maximum absolute atomic E-state index is 9.28. The third kappa shape index (κ3) is 2.96. The number of fused-ring (bicyclic) bond motifs is 1. The monoisotopic (exact) mass is 342 g/mol. The van der Waals surface area contributed by atoms with Crippen molar-refractivity contribution in [3.63, 3.8) is 0 Å². The topological polar surface area (TPSA) is 128 Å². The van der Waals surface area contributed by atoms with Crippen LogP contribution < -0.4 is 10.6 Å². The fourth-order valence-electron chi connectivity index (χ4n) is 2.78. The summed E-state index contributed by atoms with van der Waals surface area (Å²) in [5.41, 5.74) is 7.60. The molecule has 0 spiro atoms. The van der Waals surface area contributed by atoms with Gasteiger partial charge in [0.05, 0.1) is 31.7 Å². The van der Waals surface area contributed by atoms with E-state index in [9.17, 15) is 5.11 Å². The molecule has 25 heavy (non-hydrogen) atoms. The molecule has 0 amide bonds. The zero-order valence-electron chi connectivity index (χ0n) is 13.5. The van der Waals surface area contributed by atoms with E-state index >= 15 is 0 Å². The molecule has 4 rings (SSSR count). The second kappa shape index (κ2) is 6.57. The molecule has 0 unspecified atom stereocenters. The summed E-state index contributed by atoms with van der Waals surface area (Å²) < 4.78 is 7.24. The second-order valence-corrected chi connectivity index (χ2v) is 5.63. The highest BCUT2D eigenvalue weighted by Crippen LogP contribution is 2.27. The summed E-state index contributed by atoms with van der Waals surface area (Å²) >= 11 is 0. The van der Waals surface area contributed by atoms with Crippen molar-refractivity contribution in [2.45, 2.75) is 6.54 Å². The van der Waals surface area contributed by atoms with Crippen LogP contribution in [0.25, 0.3) is 22.6 Å². The largest absolute Gasteiger partial charge is 0.395 e. The highest BCUT2D eigenvalue weighted by molar-refractivity contribution is 5.85. The number of aromatic nitrogens is 6. The summed E-state index contributed by atoms with van der Waals surface area (Å²) in [4.78, 5) is 23.9. The number of rotatable bonds is 4. The molecule has 1 aliphatic rings. The number of nitrogens with two attached hydrogens (primary N) is 1. The number of anilines is 2. The van der Waals surface area contributed by atoms with Gasteiger partial charge in [0.2, 0.25) is 5.95 Å². The molecule has 0 aromatic carbocycles. The molecule has 1 saturated heterocycles. The molecule has 4 heterocycles. The van der Waals surface area contributed by atoms with Crippen molar-refractivity contribution < 1.29 is 9.84 Å². The van der Waals surface area contributed by atoms with E-state index in [0.29, 0.717) is 42.3 Å². The van der Waals surface area contributed by atoms with E-state index in [1.165, 1.54) is 0 Å². The van der Waals surface area contributed by atoms with Crippen molar-refractivity contribution in [2.24, 2.45) is 0 Å². The number of aliphatic hydroxyl groups is 1. The summed E-state index contributed by atoms with van der Waals surface area (Å²) in [5, 5.41) is 9.28. The molecular formula is C15H18N8O2. The van der Waals surface area contributed by atoms with Gasteiger partial charge in [-0.2, -0.15) is 0 Å². The molecule has 0 atom stereocenters. The number of imidazole rings is 1. The zero-order chi connectivity index (χ0) is 17.2. The fraction of sp³-hybridized carbons (Fsp3) is 0.400. The molecule has 10 nitrogen and oxygen atoms in total. The Morgan fingerprint density at radius 1 is 1.12 bits per heavy atom. The number of nitrogen functional groups attached to an aromatic ring is 1. The fourth-order valence-corrected chi connectivity index (χ4v) is 2.78. The van der Waals surface area contributed by atoms with Crippen molar-refractivity contribution in [2.75, 3.05) is 43.5 Å². The van der Waals surface area contributed by atoms with E-state index in [1.807, 2.05) is 4.57 Å². The maximum atomic E-state index is 9.28. The van der Waals surface area contributed by atoms with Gasteiger partial charge >= 0.3 is 0 Å². The molecule has 1 aliphatic heterocycles. The van der Waals surface area contributed by atoms with Crippen molar-refractivity contribution in [3.8, 4) is 11.4 Å². The predicted molar refractivity (Wildman–Crippen MR) is 90.9 cm³/mol. The van der Waals surface area contributed by atoms with Gasteiger partial charge in [-0.1, -0.05) is 0 Å². The Balaban J connectivity index is 1.87. The van der Waals surface area contributed by atoms with Crippen LogP contribution in [0, 0.1) is 0 Å². The summed E-state index contributed by atoms with van der Waals surface area (Å²) in [6.45, 7) is 3.16. The van der Waals surface area contributed by atoms with Crippen LogP contribution in [0.15, 0.2) is 18.7 Å². The number of ether oxygens (including phenoxy) is 1. The highest BCUT2D eigenvalue weighted by atomic mass is 16.5. The number of morpholine rings is 1. The first-order chi connectivity index (χ1) is 12.3. The van der Waals surface area contributed by atoms with E-state index in [0.717, 1.165) is 18.9 Å². The van der Waals surface area contributed by atoms with Gasteiger partial charge < -0.3 is 25.0 Å². The molecule has 0 bridgehead atoms. The van der Waals surface area contributed by atoms with Gasteiger partial charge in [-0.15, -0.1) is 0 Å². The van der Waals surface area contributed by atoms with Crippen molar-refractivity contribution >= 4 is 22.9 Å². The molecule has 130 valence electrons. The average Bonchev–Trinajstić information content (AvgIpc) is 3.06. The molecule has 0 aliphatic carbocycles. The summed E-state index contributed by atoms with van der Waals surface area (Å²) in [5.74, 6) is 1.44. The van der Waals surface area contributed by atoms with Crippen LogP contribution in [0.2, 0.25) is 0 Å². The molecule has 1 fully saturated rings. The minimum Gasteiger partial charge on any atom is -0.395 e. The van der Waals surface area contributed by atoms with Crippen LogP contribution in [-0.2, 0) is 11.3 Å². The van der Waals surface area contributed by atoms with Crippen LogP contribution in [-0.4, -0.2) is 67.5 Å². The van der Waals surface area contributed by atoms with E-state index in [4.69, 9.17) is 15.5 Å². The molecule has 3 aromatic heterocycles. The lowest BCUT2D eigenvalue weighted by atomic mass is 10.3. The van der Waals surface area contributed by atoms with Crippen molar-refractivity contribution in [1.29, 1.82) is 0 Å². The van der Waals surface area contributed by atoms with Crippen LogP contribution in [0.4, 0.5) is 11.8 Å². The molecule has 10 heteroatoms. The lowest BCUT2D eigenvalue weighted by molar-refractivity contribution is 0.122. The minimum absolute atomic E-state index is 0.00264. The number of aliphatic hydroxyl groups excluding tert-OH is 1. The zero-order valence-corrected chi connectivity index (χ0v) is 13.5. The van der Waals surface area contributed by atoms with Gasteiger partial charge in [-0.25, -0.2) is 24.9 Å². The Kier molecular flexibility index (Phi) is 4.12. The Labute approximate surface area is 143 Å². The van der Waals surface area contributed by atoms with E-state index in [1.54, 1.807) is 18.7 Å². The summed E-state index contributed by atoms with van der Waals surface area (Å²) in [7, 11) is 0. The van der Waals surface area contributed by atoms with Crippen LogP contribution in [0.3, 0.4) is 0 Å². The van der Waals surface area contributed by atoms with Crippen LogP contribution in [0.1, 0.15) is 0 Å². The van der Waals surface area contributed by atoms with E-state index in [2.05, 4.69) is 24.8 Å². The molecular weight excluding hydrogens is 324 g/mol. The standard InChI is InChI=1S/C15H18N8O2/c16-15-17-7-10(8-18-15)12-20-13(22-2-5-25-6-3-22)11-14(21-12)23(1-4-24)9-19-11/h7-9,24H,1-6H2,(H2,16,17,18). The normalized spacial score (nSPS) is 15.0. The quantitative estimate of drug-likeness (QED) is 0.656. The predicted octanol–water partition coefficient (Wildman–Crippen LogP) is -0.306. The van der Waals surface area contributed by atoms with E-state index in [-0.39, 0.29) is 12.6 Å². The maximum Gasteiger partial charge on any atom is 0.219 e. The number of hydrogen-bond donors (Lipinski definition) is 2. The first-order valence-electron chi connectivity index (χ1n) is 8.00. The number of hydrogen-bond acceptors (Lipinski definition) is 9. The Bertz CT molecular complexity index is 873. The third-order valence-corrected chi connectivity index (χ3v) is 4.03. The minimum atomic E-state index is 0.00264. The third-order valence-electron chi connectivity index (χ3n) is 4.03. The van der Waals surface area contributed by atoms with Crippen molar-refractivity contribution in [3.05, 3.63) is 18.7 Å². The van der Waals surface area contributed by atoms with Gasteiger partial charge in [0.1, 0.15) is 0 Å². The second-order valence-electron chi connectivity index (χ2n) is 5.63. The Morgan fingerprint density at radius 3 is 2.60 bits per heavy atom. The highest BCUT2D eigenvalue weighted by Gasteiger charge is 2.21. The SMILES string of the molecule is Nc1ncc(-c2nc(N3CCOCC3)c3ncn(CCO)c3n2)cn1. The average molecular weight is 342 g/mol. The molecule has 0 radical (unpaired) electrons. The lowest BCUT2D eigenvalue weighted by Gasteiger charge is -2.28. The van der Waals surface area contributed by atoms with Crippen LogP contribution >= 0.6 is 0 Å². The first-order valence-corrected chi connectivity index (χ1v) is 8.00. The molecule has 0 saturated carbocycles. The Morgan fingerprint density at radius 2 is 1.88 bits per heavy atom. The summed E-state index contributed by atoms with van der Waals surface area (Å²) in [6.07, 6.45) is 4.86. The van der Waals surface area contributed by atoms with Gasteiger partial charge in [-0.3, -0.25) is 0 Å². The first kappa shape index (κ1) is 15.7. The lowest BCUT2D eigenvalue weighted by Crippen LogP contribution is -2.37. The van der Waals surface area contributed by atoms with Crippen LogP contribution in [0.5, 0.6) is 0 Å². The van der Waals surface area contributed by atoms with Gasteiger partial charge in [0.15, 0.2) is 22.8 Å². The molecule has 3 N–H and O–H groups in total. The van der Waals surface area contributed by atoms with Gasteiger partial charge in [0, 0.05) is 32.0 Å². The smallest absolute Gasteiger partial charge is 0.219 e. The summed E-state index contributed by atoms with van der Waals surface area (Å²) in [6, 6.07) is 0. The molecule has 3 aromatic rings.